The minimum Gasteiger partial charge on any atom is -0.394 e. The number of unbranched alkanes of at least 4 members (excludes halogenated alkanes) is 10. The molecule has 0 radical (unpaired) electrons. The largest absolute Gasteiger partial charge is 0.394 e. The zero-order valence-corrected chi connectivity index (χ0v) is 46.6. The fourth-order valence-corrected chi connectivity index (χ4v) is 8.39. The summed E-state index contributed by atoms with van der Waals surface area (Å²) >= 11 is 0. The summed E-state index contributed by atoms with van der Waals surface area (Å²) in [5.74, 6) is -0.303. The monoisotopic (exact) mass is 1080 g/mol. The number of hydrogen-bond acceptors (Lipinski definition) is 13. The number of aliphatic hydroxyl groups excluding tert-OH is 8. The molecular weight excluding hydrogens is 979 g/mol. The lowest BCUT2D eigenvalue weighted by Crippen LogP contribution is -2.65. The summed E-state index contributed by atoms with van der Waals surface area (Å²) in [7, 11) is 0. The van der Waals surface area contributed by atoms with E-state index in [1.165, 1.54) is 38.5 Å². The first kappa shape index (κ1) is 69.2. The summed E-state index contributed by atoms with van der Waals surface area (Å²) in [6, 6.07) is -0.972. The average Bonchev–Trinajstić information content (AvgIpc) is 3.43. The number of aliphatic hydroxyl groups is 8. The smallest absolute Gasteiger partial charge is 0.220 e. The van der Waals surface area contributed by atoms with Gasteiger partial charge in [-0.25, -0.2) is 0 Å². The van der Waals surface area contributed by atoms with Crippen LogP contribution in [0.1, 0.15) is 162 Å². The molecule has 2 saturated heterocycles. The van der Waals surface area contributed by atoms with Gasteiger partial charge < -0.3 is 65.1 Å². The minimum atomic E-state index is -1.80. The Labute approximate surface area is 462 Å². The molecule has 12 atom stereocenters. The van der Waals surface area contributed by atoms with Gasteiger partial charge in [0.2, 0.25) is 5.91 Å². The van der Waals surface area contributed by atoms with Gasteiger partial charge in [-0.2, -0.15) is 0 Å². The summed E-state index contributed by atoms with van der Waals surface area (Å²) in [5.41, 5.74) is 0. The Bertz CT molecular complexity index is 1800. The van der Waals surface area contributed by atoms with E-state index in [1.807, 2.05) is 6.08 Å². The third kappa shape index (κ3) is 32.7. The van der Waals surface area contributed by atoms with Crippen molar-refractivity contribution in [2.45, 2.75) is 235 Å². The summed E-state index contributed by atoms with van der Waals surface area (Å²) in [6.45, 7) is 2.58. The molecule has 436 valence electrons. The first-order valence-corrected chi connectivity index (χ1v) is 28.9. The third-order valence-corrected chi connectivity index (χ3v) is 13.0. The second-order valence-corrected chi connectivity index (χ2v) is 19.7. The molecular formula is C63H101NO13. The topological polar surface area (TPSA) is 228 Å². The van der Waals surface area contributed by atoms with Gasteiger partial charge in [-0.15, -0.1) is 0 Å². The van der Waals surface area contributed by atoms with Crippen LogP contribution in [0.2, 0.25) is 0 Å². The first-order valence-electron chi connectivity index (χ1n) is 28.9. The second-order valence-electron chi connectivity index (χ2n) is 19.7. The zero-order valence-electron chi connectivity index (χ0n) is 46.6. The van der Waals surface area contributed by atoms with E-state index in [4.69, 9.17) is 18.9 Å². The molecule has 2 fully saturated rings. The number of ether oxygens (including phenoxy) is 4. The van der Waals surface area contributed by atoms with Crippen LogP contribution in [0.25, 0.3) is 0 Å². The third-order valence-electron chi connectivity index (χ3n) is 13.0. The Morgan fingerprint density at radius 1 is 0.481 bits per heavy atom. The molecule has 14 nitrogen and oxygen atoms in total. The van der Waals surface area contributed by atoms with Gasteiger partial charge in [0.15, 0.2) is 12.6 Å². The number of rotatable bonds is 43. The van der Waals surface area contributed by atoms with E-state index in [2.05, 4.69) is 141 Å². The van der Waals surface area contributed by atoms with Gasteiger partial charge in [0, 0.05) is 6.42 Å². The molecule has 2 rings (SSSR count). The molecule has 0 saturated carbocycles. The Kier molecular flexibility index (Phi) is 42.2. The van der Waals surface area contributed by atoms with E-state index in [0.29, 0.717) is 12.8 Å². The van der Waals surface area contributed by atoms with E-state index in [-0.39, 0.29) is 18.9 Å². The van der Waals surface area contributed by atoms with Crippen molar-refractivity contribution in [1.82, 2.24) is 5.32 Å². The van der Waals surface area contributed by atoms with E-state index in [1.54, 1.807) is 6.08 Å². The maximum Gasteiger partial charge on any atom is 0.220 e. The van der Waals surface area contributed by atoms with Crippen LogP contribution in [0.4, 0.5) is 0 Å². The first-order chi connectivity index (χ1) is 37.6. The van der Waals surface area contributed by atoms with E-state index in [9.17, 15) is 45.6 Å². The maximum atomic E-state index is 13.2. The summed E-state index contributed by atoms with van der Waals surface area (Å²) in [4.78, 5) is 13.2. The second kappa shape index (κ2) is 47.0. The molecule has 12 unspecified atom stereocenters. The molecule has 0 aliphatic carbocycles. The molecule has 9 N–H and O–H groups in total. The lowest BCUT2D eigenvalue weighted by Gasteiger charge is -2.46. The number of carbonyl (C=O) groups is 1. The van der Waals surface area contributed by atoms with Gasteiger partial charge in [0.05, 0.1) is 32.0 Å². The molecule has 2 aliphatic rings. The number of carbonyl (C=O) groups excluding carboxylic acids is 1. The molecule has 1 amide bonds. The molecule has 14 heteroatoms. The molecule has 2 heterocycles. The van der Waals surface area contributed by atoms with Gasteiger partial charge >= 0.3 is 0 Å². The summed E-state index contributed by atoms with van der Waals surface area (Å²) in [6.07, 6.45) is 52.0. The molecule has 0 bridgehead atoms. The van der Waals surface area contributed by atoms with Gasteiger partial charge in [-0.05, 0) is 109 Å². The van der Waals surface area contributed by atoms with Crippen LogP contribution < -0.4 is 5.32 Å². The molecule has 0 aromatic rings. The Balaban J connectivity index is 1.82. The molecule has 0 aromatic carbocycles. The Morgan fingerprint density at radius 2 is 0.909 bits per heavy atom. The highest BCUT2D eigenvalue weighted by molar-refractivity contribution is 5.76. The van der Waals surface area contributed by atoms with Crippen LogP contribution in [-0.4, -0.2) is 140 Å². The normalized spacial score (nSPS) is 25.7. The minimum absolute atomic E-state index is 0.205. The lowest BCUT2D eigenvalue weighted by molar-refractivity contribution is -0.359. The van der Waals surface area contributed by atoms with Crippen molar-refractivity contribution in [2.24, 2.45) is 0 Å². The molecule has 0 aromatic heterocycles. The van der Waals surface area contributed by atoms with Crippen molar-refractivity contribution < 1.29 is 64.6 Å². The highest BCUT2D eigenvalue weighted by atomic mass is 16.7. The quantitative estimate of drug-likeness (QED) is 0.0205. The van der Waals surface area contributed by atoms with Crippen molar-refractivity contribution in [3.8, 4) is 0 Å². The van der Waals surface area contributed by atoms with E-state index >= 15 is 0 Å². The van der Waals surface area contributed by atoms with Crippen LogP contribution >= 0.6 is 0 Å². The lowest BCUT2D eigenvalue weighted by atomic mass is 9.97. The highest BCUT2D eigenvalue weighted by Gasteiger charge is 2.51. The van der Waals surface area contributed by atoms with E-state index in [0.717, 1.165) is 89.9 Å². The Morgan fingerprint density at radius 3 is 1.43 bits per heavy atom. The number of nitrogens with one attached hydrogen (secondary N) is 1. The standard InChI is InChI=1S/C63H101NO13/c1-3-5-7-9-11-13-15-17-19-21-22-23-24-25-26-27-28-29-30-31-33-35-37-39-41-43-45-47-55(68)64-51(52(67)46-44-42-40-38-36-34-32-20-18-16-14-12-10-8-6-4-2)50-74-62-60(73)58(71)61(54(49-66)76-62)77-63-59(72)57(70)56(69)53(48-65)75-63/h5,7,11,13,17-20,22-23,25-26,28-29,31,33,36-39,44,46,51-54,56-63,65-67,69-73H,3-4,6,8-10,12,14-16,21,24,27,30,32,34-35,40-43,45,47-50H2,1-2H3,(H,64,68)/b7-5-,13-11-,19-17-,20-18+,23-22-,26-25-,29-28-,33-31-,38-36+,39-37-,46-44+. The van der Waals surface area contributed by atoms with Crippen LogP contribution in [0.15, 0.2) is 134 Å². The predicted molar refractivity (Wildman–Crippen MR) is 308 cm³/mol. The van der Waals surface area contributed by atoms with Gasteiger partial charge in [-0.3, -0.25) is 4.79 Å². The number of allylic oxidation sites excluding steroid dienone is 21. The highest BCUT2D eigenvalue weighted by Crippen LogP contribution is 2.30. The molecule has 0 spiro atoms. The van der Waals surface area contributed by atoms with Crippen LogP contribution in [0.3, 0.4) is 0 Å². The van der Waals surface area contributed by atoms with Crippen molar-refractivity contribution >= 4 is 5.91 Å². The maximum absolute atomic E-state index is 13.2. The number of hydrogen-bond donors (Lipinski definition) is 9. The van der Waals surface area contributed by atoms with Crippen LogP contribution in [-0.2, 0) is 23.7 Å². The van der Waals surface area contributed by atoms with E-state index < -0.39 is 86.8 Å². The summed E-state index contributed by atoms with van der Waals surface area (Å²) in [5, 5.41) is 86.9. The van der Waals surface area contributed by atoms with Crippen molar-refractivity contribution in [3.63, 3.8) is 0 Å². The van der Waals surface area contributed by atoms with Crippen molar-refractivity contribution in [1.29, 1.82) is 0 Å². The SMILES string of the molecule is CC/C=C\C/C=C\C/C=C\C/C=C\C/C=C\C/C=C\C/C=C\C/C=C\CCCCC(=O)NC(COC1OC(CO)C(OC2OC(CO)C(O)C(O)C2O)C(O)C1O)C(O)/C=C/CC/C=C/CC/C=C/CCCCCCCC. The van der Waals surface area contributed by atoms with Crippen molar-refractivity contribution in [2.75, 3.05) is 19.8 Å². The van der Waals surface area contributed by atoms with Crippen LogP contribution in [0.5, 0.6) is 0 Å². The van der Waals surface area contributed by atoms with Crippen LogP contribution in [0, 0.1) is 0 Å². The molecule has 77 heavy (non-hydrogen) atoms. The summed E-state index contributed by atoms with van der Waals surface area (Å²) < 4.78 is 22.7. The Hall–Kier alpha value is -3.87. The fourth-order valence-electron chi connectivity index (χ4n) is 8.39. The van der Waals surface area contributed by atoms with Gasteiger partial charge in [-0.1, -0.05) is 180 Å². The molecule has 2 aliphatic heterocycles. The van der Waals surface area contributed by atoms with Crippen molar-refractivity contribution in [3.05, 3.63) is 134 Å². The predicted octanol–water partition coefficient (Wildman–Crippen LogP) is 9.60. The van der Waals surface area contributed by atoms with Gasteiger partial charge in [0.25, 0.3) is 0 Å². The zero-order chi connectivity index (χ0) is 56.0. The average molecular weight is 1080 g/mol. The van der Waals surface area contributed by atoms with Gasteiger partial charge in [0.1, 0.15) is 48.8 Å². The fraction of sp³-hybridized carbons (Fsp3) is 0.635. The number of amides is 1.